The van der Waals surface area contributed by atoms with Gasteiger partial charge >= 0.3 is 5.97 Å². The lowest BCUT2D eigenvalue weighted by Crippen LogP contribution is -2.28. The lowest BCUT2D eigenvalue weighted by Gasteiger charge is -2.26. The molecule has 1 rings (SSSR count). The van der Waals surface area contributed by atoms with Gasteiger partial charge in [0.1, 0.15) is 19.0 Å². The summed E-state index contributed by atoms with van der Waals surface area (Å²) in [5.74, 6) is 0.185. The molecule has 0 aliphatic carbocycles. The molecule has 0 spiro atoms. The number of aldehydes is 1. The Morgan fingerprint density at radius 2 is 1.73 bits per heavy atom. The third-order valence-electron chi connectivity index (χ3n) is 4.65. The van der Waals surface area contributed by atoms with Crippen LogP contribution in [0.1, 0.15) is 87.0 Å². The van der Waals surface area contributed by atoms with E-state index in [1.54, 1.807) is 13.2 Å². The van der Waals surface area contributed by atoms with E-state index in [2.05, 4.69) is 53.0 Å². The minimum absolute atomic E-state index is 0.0616. The van der Waals surface area contributed by atoms with Crippen LogP contribution in [0, 0.1) is 5.92 Å². The van der Waals surface area contributed by atoms with Crippen LogP contribution in [-0.2, 0) is 28.5 Å². The fourth-order valence-corrected chi connectivity index (χ4v) is 2.73. The normalized spacial score (nSPS) is 15.9. The molecule has 1 heterocycles. The number of aliphatic hydroxyl groups excluding tert-OH is 1. The van der Waals surface area contributed by atoms with E-state index in [1.807, 2.05) is 26.8 Å². The standard InChI is InChI=1S/C13H22O3.C6H12O3.C6H12.C2H6.C2H4.CH4O/c1-4-11-8-9-13(14)16-12(11)7-5-6-10(2)15-3;1-2-8-5-6-9-4-3-7;1-3-5-6-4-2;3*1-2/h8-12H,4-7H2,1-3H3;3H,2,4-6H2,1H3;3,5H,4,6H2,1-2H3;1-2H3;1-2H2;2H,1H3/b;;5-3+;;;/t10?,11-,12?;;;;;/m1...../s1. The molecule has 1 aliphatic heterocycles. The van der Waals surface area contributed by atoms with E-state index in [0.717, 1.165) is 39.1 Å². The third-order valence-corrected chi connectivity index (χ3v) is 4.65. The summed E-state index contributed by atoms with van der Waals surface area (Å²) in [5, 5.41) is 7.00. The molecule has 7 heteroatoms. The van der Waals surface area contributed by atoms with E-state index in [9.17, 15) is 9.59 Å². The lowest BCUT2D eigenvalue weighted by molar-refractivity contribution is -0.147. The largest absolute Gasteiger partial charge is 0.459 e. The van der Waals surface area contributed by atoms with Crippen molar-refractivity contribution in [2.24, 2.45) is 5.92 Å². The number of carbonyl (C=O) groups is 2. The molecule has 0 saturated carbocycles. The van der Waals surface area contributed by atoms with Crippen molar-refractivity contribution in [3.8, 4) is 0 Å². The molecule has 2 unspecified atom stereocenters. The molecule has 1 aliphatic rings. The van der Waals surface area contributed by atoms with Gasteiger partial charge in [-0.15, -0.1) is 13.2 Å². The van der Waals surface area contributed by atoms with Gasteiger partial charge in [-0.25, -0.2) is 4.79 Å². The molecule has 0 aromatic rings. The molecule has 7 nitrogen and oxygen atoms in total. The number of carbonyl (C=O) groups excluding carboxylic acids is 2. The summed E-state index contributed by atoms with van der Waals surface area (Å²) in [4.78, 5) is 20.8. The fourth-order valence-electron chi connectivity index (χ4n) is 2.73. The van der Waals surface area contributed by atoms with Crippen LogP contribution in [0.5, 0.6) is 0 Å². The number of cyclic esters (lactones) is 1. The number of hydrogen-bond acceptors (Lipinski definition) is 7. The molecule has 0 amide bonds. The van der Waals surface area contributed by atoms with Crippen LogP contribution in [0.15, 0.2) is 37.5 Å². The summed E-state index contributed by atoms with van der Waals surface area (Å²) in [6.45, 7) is 22.3. The molecule has 0 saturated heterocycles. The van der Waals surface area contributed by atoms with E-state index in [-0.39, 0.29) is 24.8 Å². The van der Waals surface area contributed by atoms with Crippen LogP contribution in [0.3, 0.4) is 0 Å². The zero-order chi connectivity index (χ0) is 29.7. The zero-order valence-corrected chi connectivity index (χ0v) is 25.5. The quantitative estimate of drug-likeness (QED) is 0.115. The average Bonchev–Trinajstić information content (AvgIpc) is 2.96. The van der Waals surface area contributed by atoms with Crippen LogP contribution in [0.2, 0.25) is 0 Å². The second-order valence-electron chi connectivity index (χ2n) is 7.18. The van der Waals surface area contributed by atoms with Gasteiger partial charge < -0.3 is 28.8 Å². The van der Waals surface area contributed by atoms with Gasteiger partial charge in [-0.1, -0.05) is 52.3 Å². The van der Waals surface area contributed by atoms with Crippen LogP contribution >= 0.6 is 0 Å². The van der Waals surface area contributed by atoms with Crippen molar-refractivity contribution in [2.45, 2.75) is 99.2 Å². The molecule has 1 N–H and O–H groups in total. The minimum atomic E-state index is -0.200. The van der Waals surface area contributed by atoms with Crippen molar-refractivity contribution >= 4 is 12.3 Å². The predicted molar refractivity (Wildman–Crippen MR) is 157 cm³/mol. The fraction of sp³-hybridized carbons (Fsp3) is 0.733. The first-order valence-corrected chi connectivity index (χ1v) is 13.6. The summed E-state index contributed by atoms with van der Waals surface area (Å²) in [6, 6.07) is 0. The van der Waals surface area contributed by atoms with E-state index in [0.29, 0.717) is 25.7 Å². The molecule has 0 radical (unpaired) electrons. The highest BCUT2D eigenvalue weighted by Gasteiger charge is 2.24. The second kappa shape index (κ2) is 44.2. The number of hydrogen-bond donors (Lipinski definition) is 1. The SMILES string of the molecule is C/C=C/CCC.C=C.CC.CCOCCOCC=O.CC[C@@H]1C=CC(=O)OC1CCCC(C)OC.CO. The summed E-state index contributed by atoms with van der Waals surface area (Å²) in [6.07, 6.45) is 15.4. The van der Waals surface area contributed by atoms with Crippen LogP contribution in [0.4, 0.5) is 0 Å². The number of esters is 1. The molecule has 0 aromatic heterocycles. The van der Waals surface area contributed by atoms with E-state index < -0.39 is 0 Å². The molecule has 0 aromatic carbocycles. The van der Waals surface area contributed by atoms with Crippen molar-refractivity contribution in [2.75, 3.05) is 40.6 Å². The van der Waals surface area contributed by atoms with Crippen molar-refractivity contribution in [1.82, 2.24) is 0 Å². The highest BCUT2D eigenvalue weighted by atomic mass is 16.5. The predicted octanol–water partition coefficient (Wildman–Crippen LogP) is 6.74. The Morgan fingerprint density at radius 1 is 1.14 bits per heavy atom. The second-order valence-corrected chi connectivity index (χ2v) is 7.18. The van der Waals surface area contributed by atoms with Crippen LogP contribution in [0.25, 0.3) is 0 Å². The number of ether oxygens (including phenoxy) is 4. The topological polar surface area (TPSA) is 91.3 Å². The Morgan fingerprint density at radius 3 is 2.16 bits per heavy atom. The van der Waals surface area contributed by atoms with Crippen molar-refractivity contribution < 1.29 is 33.6 Å². The number of rotatable bonds is 14. The number of unbranched alkanes of at least 4 members (excludes halogenated alkanes) is 1. The Balaban J connectivity index is -0.000000138. The first-order valence-electron chi connectivity index (χ1n) is 13.6. The zero-order valence-electron chi connectivity index (χ0n) is 25.5. The maximum Gasteiger partial charge on any atom is 0.330 e. The lowest BCUT2D eigenvalue weighted by atomic mass is 9.92. The Hall–Kier alpha value is -1.80. The molecule has 0 bridgehead atoms. The molecule has 0 fully saturated rings. The molecular weight excluding hydrogens is 472 g/mol. The maximum atomic E-state index is 11.2. The smallest absolute Gasteiger partial charge is 0.330 e. The average molecular weight is 533 g/mol. The first-order chi connectivity index (χ1) is 18.0. The highest BCUT2D eigenvalue weighted by molar-refractivity contribution is 5.82. The number of aliphatic hydroxyl groups is 1. The maximum absolute atomic E-state index is 11.2. The monoisotopic (exact) mass is 532 g/mol. The van der Waals surface area contributed by atoms with E-state index in [1.165, 1.54) is 12.8 Å². The van der Waals surface area contributed by atoms with E-state index >= 15 is 0 Å². The van der Waals surface area contributed by atoms with Crippen molar-refractivity contribution in [3.05, 3.63) is 37.5 Å². The Kier molecular flexibility index (Phi) is 53.9. The van der Waals surface area contributed by atoms with Gasteiger partial charge in [0.15, 0.2) is 0 Å². The van der Waals surface area contributed by atoms with Gasteiger partial charge in [-0.05, 0) is 52.9 Å². The van der Waals surface area contributed by atoms with Gasteiger partial charge in [-0.2, -0.15) is 0 Å². The summed E-state index contributed by atoms with van der Waals surface area (Å²) in [7, 11) is 2.73. The van der Waals surface area contributed by atoms with Gasteiger partial charge in [-0.3, -0.25) is 0 Å². The number of methoxy groups -OCH3 is 1. The summed E-state index contributed by atoms with van der Waals surface area (Å²) < 4.78 is 20.3. The van der Waals surface area contributed by atoms with Crippen molar-refractivity contribution in [3.63, 3.8) is 0 Å². The molecule has 3 atom stereocenters. The van der Waals surface area contributed by atoms with Gasteiger partial charge in [0.05, 0.1) is 19.3 Å². The Bertz CT molecular complexity index is 479. The van der Waals surface area contributed by atoms with E-state index in [4.69, 9.17) is 24.1 Å². The third kappa shape index (κ3) is 38.9. The Labute approximate surface area is 229 Å². The first kappa shape index (κ1) is 45.1. The van der Waals surface area contributed by atoms with Crippen LogP contribution in [-0.4, -0.2) is 70.2 Å². The van der Waals surface area contributed by atoms with Crippen molar-refractivity contribution in [1.29, 1.82) is 0 Å². The van der Waals surface area contributed by atoms with Gasteiger partial charge in [0.25, 0.3) is 0 Å². The summed E-state index contributed by atoms with van der Waals surface area (Å²) in [5.41, 5.74) is 0. The molecule has 222 valence electrons. The minimum Gasteiger partial charge on any atom is -0.459 e. The number of allylic oxidation sites excluding steroid dienone is 2. The highest BCUT2D eigenvalue weighted by Crippen LogP contribution is 2.23. The van der Waals surface area contributed by atoms with Gasteiger partial charge in [0.2, 0.25) is 0 Å². The summed E-state index contributed by atoms with van der Waals surface area (Å²) >= 11 is 0. The van der Waals surface area contributed by atoms with Crippen LogP contribution < -0.4 is 0 Å². The molecular formula is C30H60O7. The molecule has 37 heavy (non-hydrogen) atoms. The van der Waals surface area contributed by atoms with Gasteiger partial charge in [0, 0.05) is 32.8 Å².